The van der Waals surface area contributed by atoms with E-state index in [9.17, 15) is 5.11 Å². The van der Waals surface area contributed by atoms with Crippen LogP contribution < -0.4 is 4.74 Å². The summed E-state index contributed by atoms with van der Waals surface area (Å²) < 4.78 is 7.13. The number of aliphatic hydroxyl groups is 1. The van der Waals surface area contributed by atoms with Crippen molar-refractivity contribution >= 4 is 15.9 Å². The third kappa shape index (κ3) is 2.48. The highest BCUT2D eigenvalue weighted by atomic mass is 79.9. The molecule has 2 aromatic rings. The number of aliphatic hydroxyl groups excluding tert-OH is 1. The van der Waals surface area contributed by atoms with Gasteiger partial charge in [0.1, 0.15) is 11.9 Å². The molecule has 0 fully saturated rings. The summed E-state index contributed by atoms with van der Waals surface area (Å²) in [6.07, 6.45) is 0.0206. The fourth-order valence-corrected chi connectivity index (χ4v) is 2.98. The molecule has 0 spiro atoms. The van der Waals surface area contributed by atoms with E-state index in [1.54, 1.807) is 0 Å². The lowest BCUT2D eigenvalue weighted by Crippen LogP contribution is -2.19. The lowest BCUT2D eigenvalue weighted by molar-refractivity contribution is 0.0656. The van der Waals surface area contributed by atoms with Crippen molar-refractivity contribution < 1.29 is 9.84 Å². The Bertz CT molecular complexity index is 651. The van der Waals surface area contributed by atoms with E-state index in [4.69, 9.17) is 4.74 Å². The van der Waals surface area contributed by atoms with E-state index >= 15 is 0 Å². The van der Waals surface area contributed by atoms with E-state index in [-0.39, 0.29) is 6.10 Å². The van der Waals surface area contributed by atoms with Crippen molar-refractivity contribution in [3.8, 4) is 5.75 Å². The molecule has 1 aliphatic heterocycles. The monoisotopic (exact) mass is 332 g/mol. The van der Waals surface area contributed by atoms with Crippen molar-refractivity contribution in [1.29, 1.82) is 0 Å². The molecule has 1 N–H and O–H groups in total. The van der Waals surface area contributed by atoms with Crippen LogP contribution in [0.5, 0.6) is 5.75 Å². The normalized spacial score (nSPS) is 21.2. The first-order valence-electron chi connectivity index (χ1n) is 6.76. The van der Waals surface area contributed by atoms with Crippen LogP contribution in [0.2, 0.25) is 0 Å². The minimum atomic E-state index is -0.469. The Morgan fingerprint density at radius 3 is 2.70 bits per heavy atom. The van der Waals surface area contributed by atoms with Gasteiger partial charge in [0.05, 0.1) is 6.10 Å². The highest BCUT2D eigenvalue weighted by Crippen LogP contribution is 2.41. The van der Waals surface area contributed by atoms with Gasteiger partial charge in [-0.25, -0.2) is 0 Å². The highest BCUT2D eigenvalue weighted by Gasteiger charge is 2.28. The molecule has 2 atom stereocenters. The molecule has 0 aromatic heterocycles. The first kappa shape index (κ1) is 13.7. The second kappa shape index (κ2) is 5.23. The average molecular weight is 333 g/mol. The molecule has 20 heavy (non-hydrogen) atoms. The molecule has 1 heterocycles. The molecule has 0 radical (unpaired) electrons. The zero-order valence-corrected chi connectivity index (χ0v) is 13.1. The number of benzene rings is 2. The summed E-state index contributed by atoms with van der Waals surface area (Å²) >= 11 is 3.55. The van der Waals surface area contributed by atoms with Crippen LogP contribution in [-0.4, -0.2) is 5.11 Å². The van der Waals surface area contributed by atoms with Crippen LogP contribution in [0.4, 0.5) is 0 Å². The summed E-state index contributed by atoms with van der Waals surface area (Å²) in [6, 6.07) is 12.2. The van der Waals surface area contributed by atoms with Crippen LogP contribution in [0.15, 0.2) is 40.9 Å². The Morgan fingerprint density at radius 2 is 1.95 bits per heavy atom. The van der Waals surface area contributed by atoms with Gasteiger partial charge < -0.3 is 9.84 Å². The summed E-state index contributed by atoms with van der Waals surface area (Å²) in [7, 11) is 0. The van der Waals surface area contributed by atoms with Crippen molar-refractivity contribution in [2.24, 2.45) is 0 Å². The first-order valence-corrected chi connectivity index (χ1v) is 7.55. The number of aryl methyl sites for hydroxylation is 2. The maximum Gasteiger partial charge on any atom is 0.127 e. The molecule has 0 bridgehead atoms. The van der Waals surface area contributed by atoms with E-state index < -0.39 is 6.10 Å². The molecular formula is C17H17BrO2. The molecule has 0 saturated heterocycles. The van der Waals surface area contributed by atoms with Crippen LogP contribution in [0.25, 0.3) is 0 Å². The van der Waals surface area contributed by atoms with Crippen molar-refractivity contribution in [3.63, 3.8) is 0 Å². The van der Waals surface area contributed by atoms with Gasteiger partial charge in [0.25, 0.3) is 0 Å². The summed E-state index contributed by atoms with van der Waals surface area (Å²) in [5, 5.41) is 10.3. The summed E-state index contributed by atoms with van der Waals surface area (Å²) in [5.41, 5.74) is 4.32. The van der Waals surface area contributed by atoms with Gasteiger partial charge >= 0.3 is 0 Å². The van der Waals surface area contributed by atoms with Crippen LogP contribution in [0.1, 0.15) is 40.9 Å². The molecule has 104 valence electrons. The Kier molecular flexibility index (Phi) is 3.57. The van der Waals surface area contributed by atoms with Crippen LogP contribution >= 0.6 is 15.9 Å². The first-order chi connectivity index (χ1) is 9.54. The quantitative estimate of drug-likeness (QED) is 0.825. The number of fused-ring (bicyclic) bond motifs is 1. The minimum absolute atomic E-state index is 0.0999. The lowest BCUT2D eigenvalue weighted by atomic mass is 9.94. The Balaban J connectivity index is 1.94. The zero-order valence-electron chi connectivity index (χ0n) is 11.6. The predicted molar refractivity (Wildman–Crippen MR) is 83.0 cm³/mol. The molecule has 1 unspecified atom stereocenters. The second-order valence-electron chi connectivity index (χ2n) is 5.41. The predicted octanol–water partition coefficient (Wildman–Crippen LogP) is 4.62. The fraction of sp³-hybridized carbons (Fsp3) is 0.294. The maximum absolute atomic E-state index is 10.3. The van der Waals surface area contributed by atoms with Crippen molar-refractivity contribution in [2.75, 3.05) is 0 Å². The standard InChI is InChI=1S/C17H17BrO2/c1-10-3-6-16-13(7-10)15(19)9-17(20-16)12-5-4-11(2)14(18)8-12/h3-8,15,17,19H,9H2,1-2H3/t15-,17?/m0/s1. The molecule has 1 aliphatic rings. The van der Waals surface area contributed by atoms with E-state index in [2.05, 4.69) is 41.1 Å². The highest BCUT2D eigenvalue weighted by molar-refractivity contribution is 9.10. The molecule has 2 aromatic carbocycles. The Hall–Kier alpha value is -1.32. The topological polar surface area (TPSA) is 29.5 Å². The van der Waals surface area contributed by atoms with Crippen LogP contribution in [-0.2, 0) is 0 Å². The van der Waals surface area contributed by atoms with Crippen molar-refractivity contribution in [2.45, 2.75) is 32.5 Å². The smallest absolute Gasteiger partial charge is 0.127 e. The molecule has 0 amide bonds. The lowest BCUT2D eigenvalue weighted by Gasteiger charge is -2.30. The van der Waals surface area contributed by atoms with E-state index in [0.29, 0.717) is 6.42 Å². The summed E-state index contributed by atoms with van der Waals surface area (Å²) in [5.74, 6) is 0.788. The summed E-state index contributed by atoms with van der Waals surface area (Å²) in [6.45, 7) is 4.08. The van der Waals surface area contributed by atoms with Crippen LogP contribution in [0.3, 0.4) is 0 Å². The zero-order chi connectivity index (χ0) is 14.3. The molecule has 0 aliphatic carbocycles. The summed E-state index contributed by atoms with van der Waals surface area (Å²) in [4.78, 5) is 0. The number of hydrogen-bond acceptors (Lipinski definition) is 2. The van der Waals surface area contributed by atoms with E-state index in [0.717, 1.165) is 26.9 Å². The molecule has 0 saturated carbocycles. The number of halogens is 1. The van der Waals surface area contributed by atoms with Gasteiger partial charge in [0.2, 0.25) is 0 Å². The van der Waals surface area contributed by atoms with Crippen molar-refractivity contribution in [3.05, 3.63) is 63.1 Å². The van der Waals surface area contributed by atoms with Gasteiger partial charge in [-0.15, -0.1) is 0 Å². The van der Waals surface area contributed by atoms with Gasteiger partial charge in [0, 0.05) is 16.5 Å². The minimum Gasteiger partial charge on any atom is -0.485 e. The molecule has 3 heteroatoms. The van der Waals surface area contributed by atoms with Gasteiger partial charge in [-0.05, 0) is 43.2 Å². The molecular weight excluding hydrogens is 316 g/mol. The molecule has 2 nitrogen and oxygen atoms in total. The average Bonchev–Trinajstić information content (AvgIpc) is 2.42. The fourth-order valence-electron chi connectivity index (χ4n) is 2.58. The SMILES string of the molecule is Cc1ccc2c(c1)[C@@H](O)CC(c1ccc(C)c(Br)c1)O2. The third-order valence-electron chi connectivity index (χ3n) is 3.80. The Labute approximate surface area is 127 Å². The molecule has 3 rings (SSSR count). The number of ether oxygens (including phenoxy) is 1. The van der Waals surface area contributed by atoms with Gasteiger partial charge in [-0.2, -0.15) is 0 Å². The number of rotatable bonds is 1. The largest absolute Gasteiger partial charge is 0.485 e. The third-order valence-corrected chi connectivity index (χ3v) is 4.65. The van der Waals surface area contributed by atoms with Gasteiger partial charge in [0.15, 0.2) is 0 Å². The van der Waals surface area contributed by atoms with E-state index in [1.807, 2.05) is 25.1 Å². The van der Waals surface area contributed by atoms with Crippen LogP contribution in [0, 0.1) is 13.8 Å². The maximum atomic E-state index is 10.3. The van der Waals surface area contributed by atoms with Gasteiger partial charge in [-0.3, -0.25) is 0 Å². The number of hydrogen-bond donors (Lipinski definition) is 1. The van der Waals surface area contributed by atoms with Crippen molar-refractivity contribution in [1.82, 2.24) is 0 Å². The second-order valence-corrected chi connectivity index (χ2v) is 6.26. The Morgan fingerprint density at radius 1 is 1.15 bits per heavy atom. The van der Waals surface area contributed by atoms with Gasteiger partial charge in [-0.1, -0.05) is 39.7 Å². The van der Waals surface area contributed by atoms with E-state index in [1.165, 1.54) is 5.56 Å².